The van der Waals surface area contributed by atoms with Crippen LogP contribution < -0.4 is 0 Å². The molecule has 6 heteroatoms. The van der Waals surface area contributed by atoms with Crippen LogP contribution in [0.2, 0.25) is 0 Å². The van der Waals surface area contributed by atoms with Gasteiger partial charge < -0.3 is 0 Å². The van der Waals surface area contributed by atoms with Crippen molar-refractivity contribution in [1.82, 2.24) is 9.29 Å². The van der Waals surface area contributed by atoms with Crippen LogP contribution in [-0.4, -0.2) is 30.3 Å². The lowest BCUT2D eigenvalue weighted by Crippen LogP contribution is -2.34. The molecule has 4 nitrogen and oxygen atoms in total. The van der Waals surface area contributed by atoms with Crippen LogP contribution in [0.1, 0.15) is 31.7 Å². The van der Waals surface area contributed by atoms with Gasteiger partial charge in [0.25, 0.3) is 10.0 Å². The van der Waals surface area contributed by atoms with E-state index in [1.54, 1.807) is 10.4 Å². The van der Waals surface area contributed by atoms with Crippen LogP contribution in [-0.2, 0) is 15.9 Å². The second-order valence-corrected chi connectivity index (χ2v) is 6.59. The normalized spacial score (nSPS) is 16.2. The van der Waals surface area contributed by atoms with Gasteiger partial charge in [0, 0.05) is 24.7 Å². The summed E-state index contributed by atoms with van der Waals surface area (Å²) in [5.74, 6) is 0.342. The predicted molar refractivity (Wildman–Crippen MR) is 71.0 cm³/mol. The summed E-state index contributed by atoms with van der Waals surface area (Å²) in [7, 11) is -3.45. The van der Waals surface area contributed by atoms with Crippen LogP contribution >= 0.6 is 11.6 Å². The Bertz CT molecular complexity index is 497. The molecule has 1 aliphatic carbocycles. The van der Waals surface area contributed by atoms with Gasteiger partial charge in [-0.05, 0) is 30.9 Å². The van der Waals surface area contributed by atoms with Crippen molar-refractivity contribution in [2.75, 3.05) is 6.54 Å². The highest BCUT2D eigenvalue weighted by atomic mass is 35.5. The van der Waals surface area contributed by atoms with E-state index in [2.05, 4.69) is 4.98 Å². The number of aromatic nitrogens is 1. The zero-order valence-electron chi connectivity index (χ0n) is 10.3. The van der Waals surface area contributed by atoms with Crippen molar-refractivity contribution in [2.45, 2.75) is 43.1 Å². The third kappa shape index (κ3) is 2.84. The standard InChI is InChI=1S/C12H17ClN2O2S/c1-2-7-15(11-4-5-11)18(16,17)12-6-3-10(8-13)9-14-12/h3,6,9,11H,2,4-5,7-8H2,1H3. The number of hydrogen-bond acceptors (Lipinski definition) is 3. The van der Waals surface area contributed by atoms with E-state index < -0.39 is 10.0 Å². The molecular formula is C12H17ClN2O2S. The van der Waals surface area contributed by atoms with E-state index in [0.29, 0.717) is 12.4 Å². The Hall–Kier alpha value is -0.650. The Labute approximate surface area is 113 Å². The van der Waals surface area contributed by atoms with Gasteiger partial charge in [0.15, 0.2) is 5.03 Å². The van der Waals surface area contributed by atoms with Gasteiger partial charge in [-0.2, -0.15) is 4.31 Å². The lowest BCUT2D eigenvalue weighted by molar-refractivity contribution is 0.401. The van der Waals surface area contributed by atoms with Gasteiger partial charge in [-0.3, -0.25) is 0 Å². The van der Waals surface area contributed by atoms with Gasteiger partial charge in [0.1, 0.15) is 0 Å². The summed E-state index contributed by atoms with van der Waals surface area (Å²) in [6.07, 6.45) is 4.25. The van der Waals surface area contributed by atoms with Gasteiger partial charge in [-0.15, -0.1) is 11.6 Å². The highest BCUT2D eigenvalue weighted by Gasteiger charge is 2.37. The molecule has 1 aliphatic rings. The molecule has 1 aromatic heterocycles. The molecule has 0 radical (unpaired) electrons. The van der Waals surface area contributed by atoms with Crippen LogP contribution in [0.25, 0.3) is 0 Å². The fraction of sp³-hybridized carbons (Fsp3) is 0.583. The van der Waals surface area contributed by atoms with Crippen LogP contribution in [0.5, 0.6) is 0 Å². The molecule has 0 atom stereocenters. The summed E-state index contributed by atoms with van der Waals surface area (Å²) in [4.78, 5) is 4.02. The van der Waals surface area contributed by atoms with E-state index in [-0.39, 0.29) is 11.1 Å². The van der Waals surface area contributed by atoms with E-state index in [4.69, 9.17) is 11.6 Å². The average Bonchev–Trinajstić information content (AvgIpc) is 3.20. The van der Waals surface area contributed by atoms with E-state index in [9.17, 15) is 8.42 Å². The van der Waals surface area contributed by atoms with E-state index >= 15 is 0 Å². The van der Waals surface area contributed by atoms with Gasteiger partial charge in [0.2, 0.25) is 0 Å². The Morgan fingerprint density at radius 3 is 2.61 bits per heavy atom. The topological polar surface area (TPSA) is 50.3 Å². The van der Waals surface area contributed by atoms with Crippen molar-refractivity contribution in [3.8, 4) is 0 Å². The molecule has 1 aromatic rings. The molecule has 18 heavy (non-hydrogen) atoms. The molecule has 0 unspecified atom stereocenters. The number of halogens is 1. The maximum absolute atomic E-state index is 12.4. The number of rotatable bonds is 6. The van der Waals surface area contributed by atoms with Crippen molar-refractivity contribution >= 4 is 21.6 Å². The van der Waals surface area contributed by atoms with Crippen molar-refractivity contribution < 1.29 is 8.42 Å². The lowest BCUT2D eigenvalue weighted by Gasteiger charge is -2.20. The molecule has 1 heterocycles. The minimum absolute atomic E-state index is 0.122. The summed E-state index contributed by atoms with van der Waals surface area (Å²) in [6, 6.07) is 3.42. The molecule has 100 valence electrons. The molecule has 0 aliphatic heterocycles. The first-order valence-electron chi connectivity index (χ1n) is 6.12. The minimum Gasteiger partial charge on any atom is -0.243 e. The number of hydrogen-bond donors (Lipinski definition) is 0. The fourth-order valence-corrected chi connectivity index (χ4v) is 3.70. The Morgan fingerprint density at radius 2 is 2.17 bits per heavy atom. The third-order valence-electron chi connectivity index (χ3n) is 2.92. The molecule has 0 amide bonds. The van der Waals surface area contributed by atoms with Gasteiger partial charge in [0.05, 0.1) is 0 Å². The lowest BCUT2D eigenvalue weighted by atomic mass is 10.3. The number of alkyl halides is 1. The summed E-state index contributed by atoms with van der Waals surface area (Å²) in [5, 5.41) is 0.122. The summed E-state index contributed by atoms with van der Waals surface area (Å²) in [6.45, 7) is 2.54. The quantitative estimate of drug-likeness (QED) is 0.755. The molecule has 1 fully saturated rings. The average molecular weight is 289 g/mol. The predicted octanol–water partition coefficient (Wildman–Crippen LogP) is 2.38. The van der Waals surface area contributed by atoms with E-state index in [1.807, 2.05) is 6.92 Å². The molecule has 0 bridgehead atoms. The number of nitrogens with zero attached hydrogens (tertiary/aromatic N) is 2. The Balaban J connectivity index is 2.27. The second-order valence-electron chi connectivity index (χ2n) is 4.49. The molecule has 0 spiro atoms. The van der Waals surface area contributed by atoms with Crippen LogP contribution in [0, 0.1) is 0 Å². The first-order chi connectivity index (χ1) is 8.59. The largest absolute Gasteiger partial charge is 0.260 e. The Kier molecular flexibility index (Phi) is 4.25. The zero-order chi connectivity index (χ0) is 13.2. The SMILES string of the molecule is CCCN(C1CC1)S(=O)(=O)c1ccc(CCl)cn1. The maximum Gasteiger partial charge on any atom is 0.260 e. The van der Waals surface area contributed by atoms with Crippen molar-refractivity contribution in [1.29, 1.82) is 0 Å². The molecular weight excluding hydrogens is 272 g/mol. The van der Waals surface area contributed by atoms with Crippen LogP contribution in [0.4, 0.5) is 0 Å². The monoisotopic (exact) mass is 288 g/mol. The molecule has 0 N–H and O–H groups in total. The first-order valence-corrected chi connectivity index (χ1v) is 8.09. The minimum atomic E-state index is -3.45. The third-order valence-corrected chi connectivity index (χ3v) is 5.10. The van der Waals surface area contributed by atoms with Crippen molar-refractivity contribution in [3.63, 3.8) is 0 Å². The summed E-state index contributed by atoms with van der Waals surface area (Å²) >= 11 is 5.67. The van der Waals surface area contributed by atoms with E-state index in [0.717, 1.165) is 24.8 Å². The molecule has 1 saturated carbocycles. The summed E-state index contributed by atoms with van der Waals surface area (Å²) < 4.78 is 26.4. The number of sulfonamides is 1. The van der Waals surface area contributed by atoms with E-state index in [1.165, 1.54) is 12.3 Å². The van der Waals surface area contributed by atoms with Crippen molar-refractivity contribution in [2.24, 2.45) is 0 Å². The fourth-order valence-electron chi connectivity index (χ4n) is 1.84. The molecule has 2 rings (SSSR count). The zero-order valence-corrected chi connectivity index (χ0v) is 11.9. The van der Waals surface area contributed by atoms with Crippen LogP contribution in [0.15, 0.2) is 23.4 Å². The molecule has 0 saturated heterocycles. The summed E-state index contributed by atoms with van der Waals surface area (Å²) in [5.41, 5.74) is 0.823. The molecule has 0 aromatic carbocycles. The maximum atomic E-state index is 12.4. The van der Waals surface area contributed by atoms with Gasteiger partial charge in [-0.25, -0.2) is 13.4 Å². The smallest absolute Gasteiger partial charge is 0.243 e. The van der Waals surface area contributed by atoms with Gasteiger partial charge in [-0.1, -0.05) is 13.0 Å². The first kappa shape index (κ1) is 13.8. The highest BCUT2D eigenvalue weighted by molar-refractivity contribution is 7.89. The number of pyridine rings is 1. The van der Waals surface area contributed by atoms with Crippen LogP contribution in [0.3, 0.4) is 0 Å². The highest BCUT2D eigenvalue weighted by Crippen LogP contribution is 2.31. The van der Waals surface area contributed by atoms with Gasteiger partial charge >= 0.3 is 0 Å². The second kappa shape index (κ2) is 5.55. The Morgan fingerprint density at radius 1 is 1.44 bits per heavy atom. The van der Waals surface area contributed by atoms with Crippen molar-refractivity contribution in [3.05, 3.63) is 23.9 Å².